The Bertz CT molecular complexity index is 702. The maximum absolute atomic E-state index is 12.3. The summed E-state index contributed by atoms with van der Waals surface area (Å²) in [5.74, 6) is -0.445. The number of carbonyl (C=O) groups is 1. The molecule has 0 fully saturated rings. The van der Waals surface area contributed by atoms with Crippen LogP contribution in [0.5, 0.6) is 0 Å². The summed E-state index contributed by atoms with van der Waals surface area (Å²) in [7, 11) is 4.11. The van der Waals surface area contributed by atoms with Gasteiger partial charge in [0.1, 0.15) is 0 Å². The van der Waals surface area contributed by atoms with E-state index in [-0.39, 0.29) is 5.92 Å². The molecule has 0 saturated heterocycles. The van der Waals surface area contributed by atoms with Gasteiger partial charge in [-0.1, -0.05) is 152 Å². The molecule has 3 heteroatoms. The van der Waals surface area contributed by atoms with E-state index in [9.17, 15) is 9.90 Å². The Balaban J connectivity index is 4.15. The molecule has 0 saturated carbocycles. The Kier molecular flexibility index (Phi) is 35.0. The van der Waals surface area contributed by atoms with Crippen molar-refractivity contribution in [3.63, 3.8) is 0 Å². The fourth-order valence-corrected chi connectivity index (χ4v) is 6.29. The van der Waals surface area contributed by atoms with Gasteiger partial charge in [-0.2, -0.15) is 0 Å². The number of hydrogen-bond donors (Lipinski definition) is 1. The van der Waals surface area contributed by atoms with Crippen LogP contribution in [-0.4, -0.2) is 36.6 Å². The fourth-order valence-electron chi connectivity index (χ4n) is 6.29. The number of aliphatic carboxylic acids is 1. The first-order chi connectivity index (χ1) is 22.5. The first-order valence-corrected chi connectivity index (χ1v) is 20.0. The number of nitrogens with zero attached hydrogens (tertiary/aromatic N) is 1. The van der Waals surface area contributed by atoms with E-state index in [1.165, 1.54) is 141 Å². The summed E-state index contributed by atoms with van der Waals surface area (Å²) < 4.78 is 0. The minimum absolute atomic E-state index is 0.196. The van der Waals surface area contributed by atoms with E-state index in [2.05, 4.69) is 81.5 Å². The second-order valence-corrected chi connectivity index (χ2v) is 14.0. The number of allylic oxidation sites excluding steroid dienone is 8. The molecule has 0 aliphatic rings. The molecule has 0 spiro atoms. The zero-order chi connectivity index (χ0) is 33.8. The Labute approximate surface area is 288 Å². The molecule has 1 atom stereocenters. The molecule has 0 radical (unpaired) electrons. The molecule has 1 N–H and O–H groups in total. The third kappa shape index (κ3) is 32.3. The number of rotatable bonds is 35. The van der Waals surface area contributed by atoms with Gasteiger partial charge in [-0.15, -0.1) is 0 Å². The first-order valence-electron chi connectivity index (χ1n) is 20.0. The lowest BCUT2D eigenvalue weighted by Crippen LogP contribution is -2.28. The van der Waals surface area contributed by atoms with Crippen molar-refractivity contribution < 1.29 is 9.90 Å². The Morgan fingerprint density at radius 2 is 0.848 bits per heavy atom. The van der Waals surface area contributed by atoms with Crippen LogP contribution in [0, 0.1) is 11.8 Å². The van der Waals surface area contributed by atoms with E-state index in [0.29, 0.717) is 5.92 Å². The summed E-state index contributed by atoms with van der Waals surface area (Å²) in [5, 5.41) is 10.1. The third-order valence-corrected chi connectivity index (χ3v) is 9.32. The maximum atomic E-state index is 12.3. The van der Waals surface area contributed by atoms with Crippen molar-refractivity contribution in [2.24, 2.45) is 11.8 Å². The van der Waals surface area contributed by atoms with Crippen LogP contribution in [0.3, 0.4) is 0 Å². The van der Waals surface area contributed by atoms with E-state index in [1.54, 1.807) is 0 Å². The van der Waals surface area contributed by atoms with Crippen molar-refractivity contribution in [2.45, 2.75) is 187 Å². The molecule has 3 nitrogen and oxygen atoms in total. The molecule has 0 aromatic rings. The molecule has 0 heterocycles. The van der Waals surface area contributed by atoms with Gasteiger partial charge in [0, 0.05) is 0 Å². The van der Waals surface area contributed by atoms with Crippen LogP contribution in [0.1, 0.15) is 187 Å². The van der Waals surface area contributed by atoms with Crippen LogP contribution >= 0.6 is 0 Å². The monoisotopic (exact) mass is 642 g/mol. The average molecular weight is 642 g/mol. The van der Waals surface area contributed by atoms with Crippen molar-refractivity contribution in [3.8, 4) is 0 Å². The summed E-state index contributed by atoms with van der Waals surface area (Å²) in [6.45, 7) is 5.38. The lowest BCUT2D eigenvalue weighted by molar-refractivity contribution is -0.144. The summed E-state index contributed by atoms with van der Waals surface area (Å²) in [4.78, 5) is 14.4. The van der Waals surface area contributed by atoms with E-state index in [1.807, 2.05) is 0 Å². The molecule has 0 aliphatic heterocycles. The van der Waals surface area contributed by atoms with Gasteiger partial charge in [0.25, 0.3) is 0 Å². The number of carboxylic acids is 1. The molecule has 268 valence electrons. The van der Waals surface area contributed by atoms with E-state index >= 15 is 0 Å². The van der Waals surface area contributed by atoms with Crippen LogP contribution in [0.2, 0.25) is 0 Å². The van der Waals surface area contributed by atoms with Crippen molar-refractivity contribution in [1.29, 1.82) is 0 Å². The summed E-state index contributed by atoms with van der Waals surface area (Å²) in [6.07, 6.45) is 51.8. The molecular weight excluding hydrogens is 562 g/mol. The van der Waals surface area contributed by atoms with Crippen LogP contribution in [-0.2, 0) is 4.79 Å². The van der Waals surface area contributed by atoms with Gasteiger partial charge in [0.2, 0.25) is 0 Å². The average Bonchev–Trinajstić information content (AvgIpc) is 3.03. The van der Waals surface area contributed by atoms with E-state index < -0.39 is 5.97 Å². The predicted octanol–water partition coefficient (Wildman–Crippen LogP) is 13.7. The van der Waals surface area contributed by atoms with Crippen LogP contribution in [0.4, 0.5) is 0 Å². The SMILES string of the molecule is CCCCC/C=C\C/C=C\CCCCCCCCC(CCCCCCCC/C=C\C/C=C\CCCCC)C(CCN(C)C)C(=O)O. The minimum atomic E-state index is -0.577. The second-order valence-electron chi connectivity index (χ2n) is 14.0. The van der Waals surface area contributed by atoms with Gasteiger partial charge < -0.3 is 10.0 Å². The highest BCUT2D eigenvalue weighted by molar-refractivity contribution is 5.70. The summed E-state index contributed by atoms with van der Waals surface area (Å²) in [6, 6.07) is 0. The zero-order valence-corrected chi connectivity index (χ0v) is 31.4. The van der Waals surface area contributed by atoms with Crippen molar-refractivity contribution >= 4 is 5.97 Å². The summed E-state index contributed by atoms with van der Waals surface area (Å²) >= 11 is 0. The van der Waals surface area contributed by atoms with Crippen LogP contribution in [0.25, 0.3) is 0 Å². The molecule has 1 unspecified atom stereocenters. The quantitative estimate of drug-likeness (QED) is 0.0553. The van der Waals surface area contributed by atoms with Crippen molar-refractivity contribution in [2.75, 3.05) is 20.6 Å². The van der Waals surface area contributed by atoms with Gasteiger partial charge in [0.05, 0.1) is 5.92 Å². The molecule has 0 rings (SSSR count). The van der Waals surface area contributed by atoms with Crippen molar-refractivity contribution in [3.05, 3.63) is 48.6 Å². The number of carboxylic acid groups (broad SMARTS) is 1. The Hall–Kier alpha value is -1.61. The van der Waals surface area contributed by atoms with Crippen LogP contribution < -0.4 is 0 Å². The predicted molar refractivity (Wildman–Crippen MR) is 206 cm³/mol. The van der Waals surface area contributed by atoms with E-state index in [4.69, 9.17) is 0 Å². The topological polar surface area (TPSA) is 40.5 Å². The van der Waals surface area contributed by atoms with Gasteiger partial charge >= 0.3 is 5.97 Å². The highest BCUT2D eigenvalue weighted by Gasteiger charge is 2.27. The van der Waals surface area contributed by atoms with Gasteiger partial charge in [-0.25, -0.2) is 0 Å². The lowest BCUT2D eigenvalue weighted by Gasteiger charge is -2.25. The van der Waals surface area contributed by atoms with Gasteiger partial charge in [0.15, 0.2) is 0 Å². The molecule has 0 amide bonds. The largest absolute Gasteiger partial charge is 0.481 e. The summed E-state index contributed by atoms with van der Waals surface area (Å²) in [5.41, 5.74) is 0. The van der Waals surface area contributed by atoms with Gasteiger partial charge in [-0.3, -0.25) is 4.79 Å². The maximum Gasteiger partial charge on any atom is 0.306 e. The lowest BCUT2D eigenvalue weighted by atomic mass is 9.81. The standard InChI is InChI=1S/C43H79NO2/c1-5-7-9-11-13-15-17-19-21-23-25-27-29-31-33-35-37-41(42(43(45)46)39-40-44(3)4)38-36-34-32-30-28-26-24-22-20-18-16-14-12-10-8-6-2/h13-16,19-22,41-42H,5-12,17-18,23-40H2,1-4H3,(H,45,46)/b15-13-,16-14-,21-19-,22-20-. The molecule has 0 aromatic heterocycles. The van der Waals surface area contributed by atoms with Gasteiger partial charge in [-0.05, 0) is 110 Å². The number of hydrogen-bond acceptors (Lipinski definition) is 2. The van der Waals surface area contributed by atoms with E-state index in [0.717, 1.165) is 38.6 Å². The van der Waals surface area contributed by atoms with Crippen LogP contribution in [0.15, 0.2) is 48.6 Å². The smallest absolute Gasteiger partial charge is 0.306 e. The molecule has 0 aliphatic carbocycles. The Morgan fingerprint density at radius 3 is 1.20 bits per heavy atom. The molecule has 46 heavy (non-hydrogen) atoms. The highest BCUT2D eigenvalue weighted by atomic mass is 16.4. The molecular formula is C43H79NO2. The first kappa shape index (κ1) is 44.4. The number of unbranched alkanes of at least 4 members (excludes halogenated alkanes) is 18. The Morgan fingerprint density at radius 1 is 0.500 bits per heavy atom. The molecule has 0 bridgehead atoms. The third-order valence-electron chi connectivity index (χ3n) is 9.32. The highest BCUT2D eigenvalue weighted by Crippen LogP contribution is 2.29. The normalized spacial score (nSPS) is 13.2. The second kappa shape index (κ2) is 36.2. The minimum Gasteiger partial charge on any atom is -0.481 e. The zero-order valence-electron chi connectivity index (χ0n) is 31.4. The molecule has 0 aromatic carbocycles. The van der Waals surface area contributed by atoms with Crippen molar-refractivity contribution in [1.82, 2.24) is 4.90 Å². The fraction of sp³-hybridized carbons (Fsp3) is 0.791.